The number of phenols is 1. The fourth-order valence-corrected chi connectivity index (χ4v) is 4.00. The first-order valence-electron chi connectivity index (χ1n) is 11.9. The Morgan fingerprint density at radius 1 is 1.11 bits per heavy atom. The summed E-state index contributed by atoms with van der Waals surface area (Å²) in [5, 5.41) is 15.7. The molecule has 0 heterocycles. The van der Waals surface area contributed by atoms with E-state index in [0.29, 0.717) is 23.3 Å². The number of aromatic hydroxyl groups is 1. The Kier molecular flexibility index (Phi) is 10.9. The van der Waals surface area contributed by atoms with E-state index in [1.807, 2.05) is 40.9 Å². The zero-order chi connectivity index (χ0) is 27.1. The Balaban J connectivity index is 3.51. The molecule has 0 aromatic heterocycles. The van der Waals surface area contributed by atoms with Crippen molar-refractivity contribution < 1.29 is 24.2 Å². The number of carbonyl (C=O) groups excluding carboxylic acids is 3. The van der Waals surface area contributed by atoms with E-state index in [9.17, 15) is 19.5 Å². The van der Waals surface area contributed by atoms with Crippen molar-refractivity contribution in [2.24, 2.45) is 0 Å². The molecule has 0 saturated heterocycles. The van der Waals surface area contributed by atoms with Gasteiger partial charge in [0.1, 0.15) is 23.4 Å². The van der Waals surface area contributed by atoms with E-state index >= 15 is 0 Å². The molecule has 0 aliphatic rings. The summed E-state index contributed by atoms with van der Waals surface area (Å²) in [6, 6.07) is 2.69. The van der Waals surface area contributed by atoms with Gasteiger partial charge in [-0.1, -0.05) is 6.07 Å². The van der Waals surface area contributed by atoms with Gasteiger partial charge in [0.2, 0.25) is 11.8 Å². The first-order chi connectivity index (χ1) is 16.0. The molecule has 2 atom stereocenters. The predicted molar refractivity (Wildman–Crippen MR) is 142 cm³/mol. The monoisotopic (exact) mass is 509 g/mol. The minimum absolute atomic E-state index is 0.107. The van der Waals surface area contributed by atoms with Crippen molar-refractivity contribution in [1.29, 1.82) is 0 Å². The van der Waals surface area contributed by atoms with Crippen LogP contribution in [0.1, 0.15) is 79.0 Å². The number of nitrogens with one attached hydrogen (secondary N) is 2. The quantitative estimate of drug-likeness (QED) is 0.451. The number of hydrogen-bond donors (Lipinski definition) is 3. The molecular weight excluding hydrogens is 466 g/mol. The lowest BCUT2D eigenvalue weighted by Gasteiger charge is -2.38. The summed E-state index contributed by atoms with van der Waals surface area (Å²) in [5.74, 6) is 0.0239. The maximum atomic E-state index is 13.9. The third-order valence-electron chi connectivity index (χ3n) is 4.97. The van der Waals surface area contributed by atoms with E-state index in [1.165, 1.54) is 11.0 Å². The van der Waals surface area contributed by atoms with Gasteiger partial charge in [-0.2, -0.15) is 11.8 Å². The highest BCUT2D eigenvalue weighted by molar-refractivity contribution is 7.98. The third-order valence-corrected chi connectivity index (χ3v) is 5.62. The summed E-state index contributed by atoms with van der Waals surface area (Å²) in [4.78, 5) is 41.6. The Labute approximate surface area is 214 Å². The van der Waals surface area contributed by atoms with Crippen molar-refractivity contribution in [2.45, 2.75) is 98.0 Å². The molecule has 8 nitrogen and oxygen atoms in total. The molecule has 35 heavy (non-hydrogen) atoms. The fourth-order valence-electron chi connectivity index (χ4n) is 3.53. The van der Waals surface area contributed by atoms with Crippen LogP contribution in [-0.2, 0) is 14.3 Å². The summed E-state index contributed by atoms with van der Waals surface area (Å²) in [5.41, 5.74) is -0.0730. The second-order valence-corrected chi connectivity index (χ2v) is 12.0. The van der Waals surface area contributed by atoms with Crippen molar-refractivity contribution >= 4 is 29.7 Å². The molecule has 2 unspecified atom stereocenters. The number of phenolic OH excluding ortho intramolecular Hbond substituents is 1. The van der Waals surface area contributed by atoms with Gasteiger partial charge in [-0.05, 0) is 104 Å². The molecule has 0 fully saturated rings. The Bertz CT molecular complexity index is 890. The van der Waals surface area contributed by atoms with E-state index in [2.05, 4.69) is 10.6 Å². The summed E-state index contributed by atoms with van der Waals surface area (Å²) < 4.78 is 5.39. The summed E-state index contributed by atoms with van der Waals surface area (Å²) in [6.07, 6.45) is 1.62. The van der Waals surface area contributed by atoms with E-state index in [1.54, 1.807) is 51.6 Å². The highest BCUT2D eigenvalue weighted by atomic mass is 32.2. The minimum atomic E-state index is -0.960. The molecule has 3 N–H and O–H groups in total. The zero-order valence-corrected chi connectivity index (χ0v) is 23.6. The highest BCUT2D eigenvalue weighted by Gasteiger charge is 2.38. The third kappa shape index (κ3) is 9.99. The molecule has 198 valence electrons. The van der Waals surface area contributed by atoms with Crippen LogP contribution in [0.3, 0.4) is 0 Å². The largest absolute Gasteiger partial charge is 0.508 e. The highest BCUT2D eigenvalue weighted by Crippen LogP contribution is 2.29. The van der Waals surface area contributed by atoms with Gasteiger partial charge in [-0.15, -0.1) is 0 Å². The lowest BCUT2D eigenvalue weighted by Crippen LogP contribution is -2.56. The number of ether oxygens (including phenoxy) is 1. The van der Waals surface area contributed by atoms with Gasteiger partial charge >= 0.3 is 6.09 Å². The molecular formula is C26H43N3O5S. The topological polar surface area (TPSA) is 108 Å². The van der Waals surface area contributed by atoms with Crippen LogP contribution in [0.2, 0.25) is 0 Å². The van der Waals surface area contributed by atoms with Crippen molar-refractivity contribution in [3.8, 4) is 5.75 Å². The Morgan fingerprint density at radius 2 is 1.71 bits per heavy atom. The first-order valence-corrected chi connectivity index (χ1v) is 13.3. The van der Waals surface area contributed by atoms with Gasteiger partial charge in [0, 0.05) is 11.6 Å². The number of benzene rings is 1. The molecule has 0 aliphatic carbocycles. The normalized spacial score (nSPS) is 13.7. The molecule has 0 aliphatic heterocycles. The van der Waals surface area contributed by atoms with Gasteiger partial charge < -0.3 is 25.4 Å². The maximum Gasteiger partial charge on any atom is 0.408 e. The second-order valence-electron chi connectivity index (χ2n) is 11.0. The molecule has 0 bridgehead atoms. The smallest absolute Gasteiger partial charge is 0.408 e. The summed E-state index contributed by atoms with van der Waals surface area (Å²) >= 11 is 1.56. The lowest BCUT2D eigenvalue weighted by atomic mass is 9.97. The molecule has 0 spiro atoms. The number of hydrogen-bond acceptors (Lipinski definition) is 6. The van der Waals surface area contributed by atoms with Crippen molar-refractivity contribution in [3.05, 3.63) is 29.3 Å². The van der Waals surface area contributed by atoms with E-state index < -0.39 is 29.3 Å². The van der Waals surface area contributed by atoms with E-state index in [-0.39, 0.29) is 23.6 Å². The SMILES string of the molecule is CSCCC(NC(=O)OC(C)(C)C)C(=O)N(C(C)C)C(C(=O)NC(C)(C)C)c1ccc(O)c(C)c1. The van der Waals surface area contributed by atoms with Crippen LogP contribution in [-0.4, -0.2) is 63.1 Å². The van der Waals surface area contributed by atoms with Gasteiger partial charge in [0.15, 0.2) is 0 Å². The standard InChI is InChI=1S/C26H43N3O5S/c1-16(2)29(23(32)19(13-14-35-10)27-24(33)34-26(7,8)9)21(22(31)28-25(4,5)6)18-11-12-20(30)17(3)15-18/h11-12,15-16,19,21,30H,13-14H2,1-10H3,(H,27,33)(H,28,31). The van der Waals surface area contributed by atoms with Crippen LogP contribution in [0.4, 0.5) is 4.79 Å². The number of alkyl carbamates (subject to hydrolysis) is 1. The molecule has 1 aromatic carbocycles. The number of amides is 3. The average molecular weight is 510 g/mol. The van der Waals surface area contributed by atoms with Crippen LogP contribution in [0, 0.1) is 6.92 Å². The molecule has 3 amide bonds. The molecule has 1 aromatic rings. The molecule has 9 heteroatoms. The van der Waals surface area contributed by atoms with Crippen LogP contribution in [0.25, 0.3) is 0 Å². The Morgan fingerprint density at radius 3 is 2.17 bits per heavy atom. The number of aryl methyl sites for hydroxylation is 1. The number of thioether (sulfide) groups is 1. The molecule has 0 radical (unpaired) electrons. The van der Waals surface area contributed by atoms with E-state index in [0.717, 1.165) is 0 Å². The predicted octanol–water partition coefficient (Wildman–Crippen LogP) is 4.54. The van der Waals surface area contributed by atoms with Gasteiger partial charge in [-0.25, -0.2) is 4.79 Å². The van der Waals surface area contributed by atoms with Crippen molar-refractivity contribution in [2.75, 3.05) is 12.0 Å². The molecule has 1 rings (SSSR count). The van der Waals surface area contributed by atoms with Crippen molar-refractivity contribution in [1.82, 2.24) is 15.5 Å². The summed E-state index contributed by atoms with van der Waals surface area (Å²) in [6.45, 7) is 16.3. The zero-order valence-electron chi connectivity index (χ0n) is 22.8. The van der Waals surface area contributed by atoms with Gasteiger partial charge in [0.05, 0.1) is 0 Å². The van der Waals surface area contributed by atoms with Crippen LogP contribution in [0.5, 0.6) is 5.75 Å². The minimum Gasteiger partial charge on any atom is -0.508 e. The summed E-state index contributed by atoms with van der Waals surface area (Å²) in [7, 11) is 0. The van der Waals surface area contributed by atoms with Crippen LogP contribution < -0.4 is 10.6 Å². The van der Waals surface area contributed by atoms with Crippen LogP contribution >= 0.6 is 11.8 Å². The van der Waals surface area contributed by atoms with E-state index in [4.69, 9.17) is 4.74 Å². The molecule has 0 saturated carbocycles. The second kappa shape index (κ2) is 12.5. The van der Waals surface area contributed by atoms with Gasteiger partial charge in [0.25, 0.3) is 0 Å². The Hall–Kier alpha value is -2.42. The van der Waals surface area contributed by atoms with Gasteiger partial charge in [-0.3, -0.25) is 9.59 Å². The number of nitrogens with zero attached hydrogens (tertiary/aromatic N) is 1. The average Bonchev–Trinajstić information content (AvgIpc) is 2.67. The van der Waals surface area contributed by atoms with Crippen molar-refractivity contribution in [3.63, 3.8) is 0 Å². The maximum absolute atomic E-state index is 13.9. The fraction of sp³-hybridized carbons (Fsp3) is 0.654. The lowest BCUT2D eigenvalue weighted by molar-refractivity contribution is -0.145. The number of carbonyl (C=O) groups is 3. The number of rotatable bonds is 9. The first kappa shape index (κ1) is 30.6. The van der Waals surface area contributed by atoms with Crippen LogP contribution in [0.15, 0.2) is 18.2 Å².